The summed E-state index contributed by atoms with van der Waals surface area (Å²) in [7, 11) is 1.80. The van der Waals surface area contributed by atoms with Crippen LogP contribution in [0.4, 0.5) is 4.39 Å². The number of hydrogen-bond acceptors (Lipinski definition) is 4. The summed E-state index contributed by atoms with van der Waals surface area (Å²) in [6.45, 7) is 0. The molecule has 2 aliphatic heterocycles. The fourth-order valence-corrected chi connectivity index (χ4v) is 4.05. The van der Waals surface area contributed by atoms with E-state index in [0.29, 0.717) is 11.1 Å². The Labute approximate surface area is 162 Å². The van der Waals surface area contributed by atoms with Crippen LogP contribution < -0.4 is 10.6 Å². The maximum absolute atomic E-state index is 14.7. The highest BCUT2D eigenvalue weighted by Crippen LogP contribution is 2.40. The van der Waals surface area contributed by atoms with Gasteiger partial charge in [0.2, 0.25) is 0 Å². The van der Waals surface area contributed by atoms with E-state index in [1.807, 2.05) is 30.3 Å². The molecule has 6 heteroatoms. The zero-order chi connectivity index (χ0) is 19.3. The molecule has 5 nitrogen and oxygen atoms in total. The molecule has 0 bridgehead atoms. The second-order valence-corrected chi connectivity index (χ2v) is 7.20. The molecule has 0 radical (unpaired) electrons. The Balaban J connectivity index is 1.72. The van der Waals surface area contributed by atoms with Crippen molar-refractivity contribution >= 4 is 5.91 Å². The molecule has 0 spiro atoms. The van der Waals surface area contributed by atoms with Crippen LogP contribution in [0.25, 0.3) is 11.1 Å². The zero-order valence-electron chi connectivity index (χ0n) is 15.3. The van der Waals surface area contributed by atoms with Gasteiger partial charge in [-0.1, -0.05) is 36.4 Å². The van der Waals surface area contributed by atoms with E-state index in [1.54, 1.807) is 48.6 Å². The second-order valence-electron chi connectivity index (χ2n) is 7.20. The molecule has 2 saturated heterocycles. The van der Waals surface area contributed by atoms with E-state index in [9.17, 15) is 9.18 Å². The molecule has 2 aliphatic rings. The Morgan fingerprint density at radius 2 is 1.79 bits per heavy atom. The van der Waals surface area contributed by atoms with E-state index < -0.39 is 5.54 Å². The highest BCUT2D eigenvalue weighted by Gasteiger charge is 2.58. The third-order valence-electron chi connectivity index (χ3n) is 5.58. The third-order valence-corrected chi connectivity index (χ3v) is 5.58. The number of benzene rings is 2. The van der Waals surface area contributed by atoms with Crippen LogP contribution in [-0.4, -0.2) is 35.2 Å². The van der Waals surface area contributed by atoms with Gasteiger partial charge in [0.15, 0.2) is 5.54 Å². The van der Waals surface area contributed by atoms with Crippen LogP contribution in [0, 0.1) is 5.82 Å². The largest absolute Gasteiger partial charge is 0.325 e. The Kier molecular flexibility index (Phi) is 3.79. The van der Waals surface area contributed by atoms with Gasteiger partial charge in [-0.2, -0.15) is 0 Å². The second kappa shape index (κ2) is 6.22. The number of carbonyl (C=O) groups excluding carboxylic acids is 1. The molecule has 3 atom stereocenters. The summed E-state index contributed by atoms with van der Waals surface area (Å²) in [5.74, 6) is -0.408. The number of piperazine rings is 1. The van der Waals surface area contributed by atoms with Crippen LogP contribution in [0.1, 0.15) is 11.1 Å². The predicted molar refractivity (Wildman–Crippen MR) is 103 cm³/mol. The van der Waals surface area contributed by atoms with Crippen LogP contribution >= 0.6 is 0 Å². The summed E-state index contributed by atoms with van der Waals surface area (Å²) in [6, 6.07) is 18.0. The van der Waals surface area contributed by atoms with Crippen molar-refractivity contribution in [3.8, 4) is 11.1 Å². The number of aromatic nitrogens is 1. The van der Waals surface area contributed by atoms with E-state index in [2.05, 4.69) is 15.6 Å². The first-order valence-corrected chi connectivity index (χ1v) is 9.18. The van der Waals surface area contributed by atoms with Gasteiger partial charge in [-0.25, -0.2) is 4.39 Å². The number of rotatable bonds is 3. The number of halogens is 1. The topological polar surface area (TPSA) is 67.2 Å². The molecule has 1 amide bonds. The van der Waals surface area contributed by atoms with E-state index in [0.717, 1.165) is 11.1 Å². The Morgan fingerprint density at radius 3 is 2.54 bits per heavy atom. The van der Waals surface area contributed by atoms with Gasteiger partial charge < -0.3 is 4.90 Å². The molecule has 5 rings (SSSR count). The first-order chi connectivity index (χ1) is 13.6. The molecule has 2 fully saturated rings. The van der Waals surface area contributed by atoms with Crippen LogP contribution in [0.3, 0.4) is 0 Å². The summed E-state index contributed by atoms with van der Waals surface area (Å²) < 4.78 is 14.7. The zero-order valence-corrected chi connectivity index (χ0v) is 15.3. The summed E-state index contributed by atoms with van der Waals surface area (Å²) in [5, 5.41) is 6.75. The molecular weight excluding hydrogens is 355 g/mol. The lowest BCUT2D eigenvalue weighted by Crippen LogP contribution is -2.61. The summed E-state index contributed by atoms with van der Waals surface area (Å²) in [5.41, 5.74) is 1.60. The Morgan fingerprint density at radius 1 is 1.04 bits per heavy atom. The van der Waals surface area contributed by atoms with Gasteiger partial charge in [0, 0.05) is 25.0 Å². The lowest BCUT2D eigenvalue weighted by atomic mass is 9.79. The van der Waals surface area contributed by atoms with Crippen molar-refractivity contribution in [2.75, 3.05) is 7.05 Å². The van der Waals surface area contributed by atoms with E-state index in [1.165, 1.54) is 6.07 Å². The molecule has 1 aromatic heterocycles. The van der Waals surface area contributed by atoms with Gasteiger partial charge in [0.1, 0.15) is 12.0 Å². The molecule has 2 N–H and O–H groups in total. The van der Waals surface area contributed by atoms with Gasteiger partial charge in [-0.05, 0) is 41.0 Å². The first kappa shape index (κ1) is 17.0. The minimum absolute atomic E-state index is 0.00247. The molecule has 28 heavy (non-hydrogen) atoms. The van der Waals surface area contributed by atoms with Crippen molar-refractivity contribution < 1.29 is 9.18 Å². The summed E-state index contributed by atoms with van der Waals surface area (Å²) >= 11 is 0. The number of hydrogen-bond donors (Lipinski definition) is 2. The third kappa shape index (κ3) is 2.46. The highest BCUT2D eigenvalue weighted by molar-refractivity contribution is 5.93. The summed E-state index contributed by atoms with van der Waals surface area (Å²) in [4.78, 5) is 19.3. The van der Waals surface area contributed by atoms with E-state index in [-0.39, 0.29) is 24.1 Å². The maximum atomic E-state index is 14.7. The van der Waals surface area contributed by atoms with Crippen molar-refractivity contribution in [1.29, 1.82) is 0 Å². The normalized spacial score (nSPS) is 26.1. The van der Waals surface area contributed by atoms with Crippen molar-refractivity contribution in [3.05, 3.63) is 90.0 Å². The summed E-state index contributed by atoms with van der Waals surface area (Å²) in [6.07, 6.45) is 3.25. The Bertz CT molecular complexity index is 1040. The average Bonchev–Trinajstić information content (AvgIpc) is 3.52. The van der Waals surface area contributed by atoms with E-state index in [4.69, 9.17) is 0 Å². The minimum Gasteiger partial charge on any atom is -0.325 e. The monoisotopic (exact) mass is 374 g/mol. The average molecular weight is 374 g/mol. The molecule has 140 valence electrons. The number of fused-ring (bicyclic) bond motifs is 1. The van der Waals surface area contributed by atoms with Crippen LogP contribution in [-0.2, 0) is 10.3 Å². The van der Waals surface area contributed by atoms with Crippen LogP contribution in [0.5, 0.6) is 0 Å². The van der Waals surface area contributed by atoms with Crippen molar-refractivity contribution in [3.63, 3.8) is 0 Å². The highest BCUT2D eigenvalue weighted by atomic mass is 19.1. The predicted octanol–water partition coefficient (Wildman–Crippen LogP) is 2.45. The fraction of sp³-hybridized carbons (Fsp3) is 0.182. The molecular formula is C22H19FN4O. The van der Waals surface area contributed by atoms with Crippen molar-refractivity contribution in [2.24, 2.45) is 0 Å². The van der Waals surface area contributed by atoms with Gasteiger partial charge >= 0.3 is 0 Å². The van der Waals surface area contributed by atoms with Crippen molar-refractivity contribution in [2.45, 2.75) is 17.9 Å². The maximum Gasteiger partial charge on any atom is 0.253 e. The van der Waals surface area contributed by atoms with Gasteiger partial charge in [0.25, 0.3) is 5.91 Å². The first-order valence-electron chi connectivity index (χ1n) is 9.18. The lowest BCUT2D eigenvalue weighted by molar-refractivity contribution is -0.138. The number of pyridine rings is 1. The molecule has 0 aliphatic carbocycles. The van der Waals surface area contributed by atoms with Crippen molar-refractivity contribution in [1.82, 2.24) is 20.5 Å². The van der Waals surface area contributed by atoms with Crippen LogP contribution in [0.2, 0.25) is 0 Å². The van der Waals surface area contributed by atoms with Gasteiger partial charge in [-0.3, -0.25) is 20.4 Å². The molecule has 3 aromatic rings. The fourth-order valence-electron chi connectivity index (χ4n) is 4.05. The number of likely N-dealkylation sites (N-methyl/N-ethyl adjacent to an activating group) is 1. The molecule has 0 saturated carbocycles. The lowest BCUT2D eigenvalue weighted by Gasteiger charge is -2.40. The number of amides is 1. The SMILES string of the molecule is CN1C(=O)C(c2ccccc2)(c2ccc(F)c(-c3ccncc3)c2)NC2NC21. The smallest absolute Gasteiger partial charge is 0.253 e. The molecule has 2 aromatic carbocycles. The number of nitrogens with zero attached hydrogens (tertiary/aromatic N) is 2. The molecule has 3 unspecified atom stereocenters. The number of nitrogens with one attached hydrogen (secondary N) is 2. The standard InChI is InChI=1S/C22H19FN4O/c1-27-20-19(25-20)26-22(21(27)28,15-5-3-2-4-6-15)16-7-8-18(23)17(13-16)14-9-11-24-12-10-14/h2-13,19-20,25-26H,1H3. The van der Waals surface area contributed by atoms with E-state index >= 15 is 0 Å². The Hall–Kier alpha value is -3.09. The molecule has 3 heterocycles. The van der Waals surface area contributed by atoms with Gasteiger partial charge in [-0.15, -0.1) is 0 Å². The van der Waals surface area contributed by atoms with Crippen LogP contribution in [0.15, 0.2) is 73.1 Å². The van der Waals surface area contributed by atoms with Gasteiger partial charge in [0.05, 0.1) is 6.17 Å². The quantitative estimate of drug-likeness (QED) is 0.691. The minimum atomic E-state index is -1.09. The number of carbonyl (C=O) groups is 1.